The van der Waals surface area contributed by atoms with Crippen molar-refractivity contribution in [2.24, 2.45) is 0 Å². The summed E-state index contributed by atoms with van der Waals surface area (Å²) in [6.07, 6.45) is 3.89. The first-order valence-electron chi connectivity index (χ1n) is 4.13. The van der Waals surface area contributed by atoms with Gasteiger partial charge in [0.1, 0.15) is 5.76 Å². The van der Waals surface area contributed by atoms with E-state index in [2.05, 4.69) is 6.58 Å². The van der Waals surface area contributed by atoms with Gasteiger partial charge in [-0.05, 0) is 17.6 Å². The highest BCUT2D eigenvalue weighted by Crippen LogP contribution is 2.40. The Morgan fingerprint density at radius 3 is 2.62 bits per heavy atom. The average Bonchev–Trinajstić information content (AvgIpc) is 2.04. The summed E-state index contributed by atoms with van der Waals surface area (Å²) in [5, 5.41) is -1.02. The van der Waals surface area contributed by atoms with Gasteiger partial charge in [-0.2, -0.15) is 4.89 Å². The lowest BCUT2D eigenvalue weighted by atomic mass is 10.3. The number of hydrogen-bond donors (Lipinski definition) is 1. The van der Waals surface area contributed by atoms with Gasteiger partial charge in [-0.3, -0.25) is 0 Å². The molecule has 2 atom stereocenters. The normalized spacial score (nSPS) is 16.8. The third-order valence-electron chi connectivity index (χ3n) is 1.76. The van der Waals surface area contributed by atoms with Gasteiger partial charge in [-0.15, -0.1) is 0 Å². The fourth-order valence-electron chi connectivity index (χ4n) is 0.749. The van der Waals surface area contributed by atoms with Crippen LogP contribution in [0.2, 0.25) is 0 Å². The summed E-state index contributed by atoms with van der Waals surface area (Å²) in [7, 11) is -2.36. The summed E-state index contributed by atoms with van der Waals surface area (Å²) in [5.41, 5.74) is 0. The maximum absolute atomic E-state index is 10.9. The predicted molar refractivity (Wildman–Crippen MR) is 53.6 cm³/mol. The third-order valence-corrected chi connectivity index (χ3v) is 2.98. The number of allylic oxidation sites excluding steroid dienone is 2. The summed E-state index contributed by atoms with van der Waals surface area (Å²) < 4.78 is 16.2. The third kappa shape index (κ3) is 3.71. The molecular weight excluding hydrogens is 187 g/mol. The first-order chi connectivity index (χ1) is 5.96. The van der Waals surface area contributed by atoms with Crippen LogP contribution in [0.5, 0.6) is 0 Å². The minimum atomic E-state index is -2.36. The molecule has 0 spiro atoms. The highest BCUT2D eigenvalue weighted by atomic mass is 31.1. The number of rotatable bonds is 5. The van der Waals surface area contributed by atoms with Gasteiger partial charge in [0.25, 0.3) is 0 Å². The molecule has 0 radical (unpaired) electrons. The molecule has 0 rings (SSSR count). The van der Waals surface area contributed by atoms with E-state index in [0.717, 1.165) is 0 Å². The van der Waals surface area contributed by atoms with E-state index in [9.17, 15) is 4.57 Å². The van der Waals surface area contributed by atoms with Gasteiger partial charge in [0.2, 0.25) is 0 Å². The molecule has 3 nitrogen and oxygen atoms in total. The fourth-order valence-corrected chi connectivity index (χ4v) is 1.21. The second kappa shape index (κ2) is 5.15. The Balaban J connectivity index is 4.45. The minimum absolute atomic E-state index is 0.407. The molecule has 0 aliphatic rings. The van der Waals surface area contributed by atoms with Gasteiger partial charge in [-0.25, -0.2) is 0 Å². The van der Waals surface area contributed by atoms with E-state index < -0.39 is 13.4 Å². The summed E-state index contributed by atoms with van der Waals surface area (Å²) in [6.45, 7) is 8.84. The van der Waals surface area contributed by atoms with Crippen LogP contribution in [0.25, 0.3) is 0 Å². The van der Waals surface area contributed by atoms with Crippen LogP contribution in [0.15, 0.2) is 24.5 Å². The fraction of sp³-hybridized carbons (Fsp3) is 0.556. The zero-order valence-electron chi connectivity index (χ0n) is 8.28. The molecule has 0 heterocycles. The minimum Gasteiger partial charge on any atom is -0.443 e. The molecule has 0 saturated carbocycles. The molecule has 0 aliphatic heterocycles. The van der Waals surface area contributed by atoms with Crippen molar-refractivity contribution in [1.29, 1.82) is 0 Å². The first-order valence-corrected chi connectivity index (χ1v) is 5.34. The van der Waals surface area contributed by atoms with E-state index in [1.54, 1.807) is 26.0 Å². The zero-order valence-corrected chi connectivity index (χ0v) is 9.17. The second-order valence-electron chi connectivity index (χ2n) is 2.87. The van der Waals surface area contributed by atoms with Crippen molar-refractivity contribution in [3.05, 3.63) is 24.5 Å². The lowest BCUT2D eigenvalue weighted by Gasteiger charge is -2.16. The van der Waals surface area contributed by atoms with Crippen LogP contribution in [0.4, 0.5) is 0 Å². The maximum atomic E-state index is 10.9. The van der Waals surface area contributed by atoms with Crippen molar-refractivity contribution in [3.8, 4) is 0 Å². The van der Waals surface area contributed by atoms with Gasteiger partial charge in [0, 0.05) is 13.3 Å². The Morgan fingerprint density at radius 1 is 1.77 bits per heavy atom. The monoisotopic (exact) mass is 203 g/mol. The van der Waals surface area contributed by atoms with Crippen molar-refractivity contribution in [3.63, 3.8) is 0 Å². The van der Waals surface area contributed by atoms with Crippen molar-refractivity contribution in [1.82, 2.24) is 0 Å². The molecule has 0 saturated heterocycles. The number of hydrogen-bond acceptors (Lipinski definition) is 2. The molecule has 13 heavy (non-hydrogen) atoms. The van der Waals surface area contributed by atoms with Gasteiger partial charge in [0.05, 0.1) is 0 Å². The van der Waals surface area contributed by atoms with Crippen molar-refractivity contribution < 1.29 is 14.2 Å². The van der Waals surface area contributed by atoms with Gasteiger partial charge in [-0.1, -0.05) is 19.6 Å². The lowest BCUT2D eigenvalue weighted by Crippen LogP contribution is -2.22. The van der Waals surface area contributed by atoms with Crippen LogP contribution in [0, 0.1) is 0 Å². The van der Waals surface area contributed by atoms with Gasteiger partial charge < -0.3 is 4.74 Å². The average molecular weight is 203 g/mol. The first kappa shape index (κ1) is 12.3. The molecule has 2 unspecified atom stereocenters. The molecule has 1 N–H and O–H groups in total. The highest BCUT2D eigenvalue weighted by molar-refractivity contribution is 7.39. The van der Waals surface area contributed by atoms with E-state index in [0.29, 0.717) is 12.2 Å². The van der Waals surface area contributed by atoms with Crippen LogP contribution in [-0.2, 0) is 9.30 Å². The van der Waals surface area contributed by atoms with E-state index in [-0.39, 0.29) is 0 Å². The Morgan fingerprint density at radius 2 is 2.31 bits per heavy atom. The van der Waals surface area contributed by atoms with Crippen molar-refractivity contribution >= 4 is 8.03 Å². The molecule has 0 fully saturated rings. The molecule has 0 aromatic carbocycles. The molecule has 0 amide bonds. The van der Waals surface area contributed by atoms with Crippen molar-refractivity contribution in [2.45, 2.75) is 32.5 Å². The smallest absolute Gasteiger partial charge is 0.443 e. The van der Waals surface area contributed by atoms with Crippen molar-refractivity contribution in [2.75, 3.05) is 0 Å². The highest BCUT2D eigenvalue weighted by Gasteiger charge is 2.45. The molecule has 74 valence electrons. The lowest BCUT2D eigenvalue weighted by molar-refractivity contribution is 0.0888. The number of ether oxygens (including phenoxy) is 1. The Labute approximate surface area is 80.0 Å². The topological polar surface area (TPSA) is 46.5 Å². The standard InChI is InChI=1S/C9H15O3P/c1-5-7-8(3)12-9(4,6-2)13(10)11/h5,7H,3,6H2,1-2,4H3/p+1. The Hall–Kier alpha value is -0.660. The van der Waals surface area contributed by atoms with E-state index in [4.69, 9.17) is 9.63 Å². The van der Waals surface area contributed by atoms with Crippen LogP contribution < -0.4 is 0 Å². The van der Waals surface area contributed by atoms with E-state index >= 15 is 0 Å². The predicted octanol–water partition coefficient (Wildman–Crippen LogP) is 2.95. The van der Waals surface area contributed by atoms with E-state index in [1.807, 2.05) is 6.92 Å². The van der Waals surface area contributed by atoms with Crippen LogP contribution in [0.1, 0.15) is 27.2 Å². The Kier molecular flexibility index (Phi) is 4.89. The summed E-state index contributed by atoms with van der Waals surface area (Å²) >= 11 is 0. The van der Waals surface area contributed by atoms with Crippen LogP contribution in [-0.4, -0.2) is 10.2 Å². The molecule has 0 bridgehead atoms. The second-order valence-corrected chi connectivity index (χ2v) is 4.36. The molecule has 4 heteroatoms. The quantitative estimate of drug-likeness (QED) is 0.424. The molecule has 0 aromatic heterocycles. The summed E-state index contributed by atoms with van der Waals surface area (Å²) in [6, 6.07) is 0. The zero-order chi connectivity index (χ0) is 10.5. The summed E-state index contributed by atoms with van der Waals surface area (Å²) in [4.78, 5) is 9.01. The molecule has 0 aromatic rings. The molecular formula is C9H16O3P+. The largest absolute Gasteiger partial charge is 0.553 e. The van der Waals surface area contributed by atoms with Gasteiger partial charge >= 0.3 is 13.4 Å². The molecule has 0 aliphatic carbocycles. The SMILES string of the molecule is C=C(C=CC)OC(C)(CC)[P+](=O)O. The summed E-state index contributed by atoms with van der Waals surface area (Å²) in [5.74, 6) is 0.407. The maximum Gasteiger partial charge on any atom is 0.553 e. The van der Waals surface area contributed by atoms with Crippen LogP contribution in [0.3, 0.4) is 0 Å². The van der Waals surface area contributed by atoms with E-state index in [1.165, 1.54) is 0 Å². The Bertz CT molecular complexity index is 235. The van der Waals surface area contributed by atoms with Gasteiger partial charge in [0.15, 0.2) is 0 Å². The van der Waals surface area contributed by atoms with Crippen LogP contribution >= 0.6 is 8.03 Å².